The number of nitrogens with zero attached hydrogens (tertiary/aromatic N) is 1. The molecule has 0 atom stereocenters. The smallest absolute Gasteiger partial charge is 0.259 e. The third-order valence-electron chi connectivity index (χ3n) is 1.56. The highest BCUT2D eigenvalue weighted by Gasteiger charge is 2.11. The van der Waals surface area contributed by atoms with E-state index in [1.54, 1.807) is 0 Å². The third kappa shape index (κ3) is 2.52. The SMILES string of the molecule is O=C(Cc1c(F)cccc1F)N=C=S. The molecule has 0 fully saturated rings. The molecule has 0 aliphatic heterocycles. The number of aliphatic imine (C=N–C) groups is 1. The number of carbonyl (C=O) groups is 1. The Labute approximate surface area is 84.3 Å². The van der Waals surface area contributed by atoms with Crippen LogP contribution < -0.4 is 0 Å². The minimum absolute atomic E-state index is 0.300. The molecule has 0 saturated heterocycles. The van der Waals surface area contributed by atoms with E-state index in [9.17, 15) is 13.6 Å². The maximum atomic E-state index is 13.0. The molecule has 0 radical (unpaired) electrons. The van der Waals surface area contributed by atoms with Crippen molar-refractivity contribution in [3.8, 4) is 0 Å². The van der Waals surface area contributed by atoms with Gasteiger partial charge in [0.1, 0.15) is 11.6 Å². The number of hydrogen-bond acceptors (Lipinski definition) is 2. The molecule has 0 saturated carbocycles. The molecule has 0 heterocycles. The van der Waals surface area contributed by atoms with Gasteiger partial charge in [0.15, 0.2) is 0 Å². The van der Waals surface area contributed by atoms with Crippen molar-refractivity contribution in [1.82, 2.24) is 0 Å². The summed E-state index contributed by atoms with van der Waals surface area (Å²) in [5.41, 5.74) is -0.300. The minimum Gasteiger partial charge on any atom is -0.271 e. The van der Waals surface area contributed by atoms with Crippen LogP contribution in [0.2, 0.25) is 0 Å². The molecule has 0 aromatic heterocycles. The largest absolute Gasteiger partial charge is 0.271 e. The van der Waals surface area contributed by atoms with Gasteiger partial charge in [0, 0.05) is 5.56 Å². The molecule has 14 heavy (non-hydrogen) atoms. The number of benzene rings is 1. The topological polar surface area (TPSA) is 29.4 Å². The molecule has 1 rings (SSSR count). The molecular weight excluding hydrogens is 208 g/mol. The van der Waals surface area contributed by atoms with E-state index in [0.717, 1.165) is 12.1 Å². The Morgan fingerprint density at radius 2 is 2.00 bits per heavy atom. The Kier molecular flexibility index (Phi) is 3.56. The number of hydrogen-bond donors (Lipinski definition) is 0. The molecule has 72 valence electrons. The van der Waals surface area contributed by atoms with Gasteiger partial charge in [-0.05, 0) is 24.4 Å². The lowest BCUT2D eigenvalue weighted by molar-refractivity contribution is -0.117. The minimum atomic E-state index is -0.766. The van der Waals surface area contributed by atoms with Crippen LogP contribution in [0.25, 0.3) is 0 Å². The molecule has 0 unspecified atom stereocenters. The average Bonchev–Trinajstić information content (AvgIpc) is 2.12. The predicted octanol–water partition coefficient (Wildman–Crippen LogP) is 2.14. The van der Waals surface area contributed by atoms with Crippen molar-refractivity contribution in [1.29, 1.82) is 0 Å². The Bertz CT molecular complexity index is 393. The van der Waals surface area contributed by atoms with E-state index < -0.39 is 24.0 Å². The third-order valence-corrected chi connectivity index (χ3v) is 1.65. The van der Waals surface area contributed by atoms with Gasteiger partial charge in [-0.25, -0.2) is 8.78 Å². The van der Waals surface area contributed by atoms with E-state index in [-0.39, 0.29) is 5.56 Å². The van der Waals surface area contributed by atoms with Crippen LogP contribution in [0, 0.1) is 11.6 Å². The Balaban J connectivity index is 2.96. The zero-order valence-corrected chi connectivity index (χ0v) is 7.78. The van der Waals surface area contributed by atoms with Crippen molar-refractivity contribution in [2.45, 2.75) is 6.42 Å². The number of rotatable bonds is 2. The summed E-state index contributed by atoms with van der Waals surface area (Å²) in [4.78, 5) is 14.0. The van der Waals surface area contributed by atoms with Gasteiger partial charge in [-0.2, -0.15) is 4.99 Å². The second-order valence-corrected chi connectivity index (χ2v) is 2.66. The van der Waals surface area contributed by atoms with Crippen molar-refractivity contribution in [3.05, 3.63) is 35.4 Å². The van der Waals surface area contributed by atoms with Crippen LogP contribution in [0.15, 0.2) is 23.2 Å². The van der Waals surface area contributed by atoms with Crippen molar-refractivity contribution in [2.24, 2.45) is 4.99 Å². The summed E-state index contributed by atoms with van der Waals surface area (Å²) in [5.74, 6) is -2.25. The number of halogens is 2. The van der Waals surface area contributed by atoms with Gasteiger partial charge in [0.05, 0.1) is 11.6 Å². The highest BCUT2D eigenvalue weighted by Crippen LogP contribution is 2.12. The van der Waals surface area contributed by atoms with E-state index >= 15 is 0 Å². The number of thiocarbonyl (C=S) groups is 1. The van der Waals surface area contributed by atoms with Crippen LogP contribution >= 0.6 is 12.2 Å². The Morgan fingerprint density at radius 1 is 1.43 bits per heavy atom. The van der Waals surface area contributed by atoms with E-state index in [1.165, 1.54) is 6.07 Å². The van der Waals surface area contributed by atoms with Crippen LogP contribution in [0.5, 0.6) is 0 Å². The fourth-order valence-electron chi connectivity index (χ4n) is 0.943. The van der Waals surface area contributed by atoms with Crippen molar-refractivity contribution >= 4 is 23.3 Å². The van der Waals surface area contributed by atoms with Gasteiger partial charge in [0.25, 0.3) is 5.91 Å². The normalized spacial score (nSPS) is 9.29. The van der Waals surface area contributed by atoms with E-state index in [1.807, 2.05) is 5.16 Å². The van der Waals surface area contributed by atoms with E-state index in [0.29, 0.717) is 0 Å². The summed E-state index contributed by atoms with van der Waals surface area (Å²) < 4.78 is 25.9. The lowest BCUT2D eigenvalue weighted by Crippen LogP contribution is -2.03. The van der Waals surface area contributed by atoms with Gasteiger partial charge in [-0.15, -0.1) is 0 Å². The number of amides is 1. The van der Waals surface area contributed by atoms with Gasteiger partial charge < -0.3 is 0 Å². The highest BCUT2D eigenvalue weighted by atomic mass is 32.1. The summed E-state index contributed by atoms with van der Waals surface area (Å²) in [6, 6.07) is 3.38. The molecule has 0 spiro atoms. The zero-order chi connectivity index (χ0) is 10.6. The summed E-state index contributed by atoms with van der Waals surface area (Å²) in [6.45, 7) is 0. The molecule has 0 aliphatic carbocycles. The molecule has 5 heteroatoms. The second-order valence-electron chi connectivity index (χ2n) is 2.47. The fraction of sp³-hybridized carbons (Fsp3) is 0.111. The van der Waals surface area contributed by atoms with Crippen molar-refractivity contribution in [3.63, 3.8) is 0 Å². The zero-order valence-electron chi connectivity index (χ0n) is 6.96. The molecule has 1 amide bonds. The first-order valence-corrected chi connectivity index (χ1v) is 4.09. The lowest BCUT2D eigenvalue weighted by Gasteiger charge is -2.00. The molecule has 0 aliphatic rings. The fourth-order valence-corrected chi connectivity index (χ4v) is 1.04. The maximum absolute atomic E-state index is 13.0. The van der Waals surface area contributed by atoms with Crippen molar-refractivity contribution < 1.29 is 13.6 Å². The maximum Gasteiger partial charge on any atom is 0.259 e. The quantitative estimate of drug-likeness (QED) is 0.556. The second kappa shape index (κ2) is 4.69. The van der Waals surface area contributed by atoms with Crippen molar-refractivity contribution in [2.75, 3.05) is 0 Å². The first-order valence-electron chi connectivity index (χ1n) is 3.68. The molecule has 0 bridgehead atoms. The van der Waals surface area contributed by atoms with E-state index in [4.69, 9.17) is 0 Å². The summed E-state index contributed by atoms with van der Waals surface area (Å²) in [5, 5.41) is 1.84. The van der Waals surface area contributed by atoms with Gasteiger partial charge in [0.2, 0.25) is 0 Å². The Hall–Kier alpha value is -1.45. The first kappa shape index (κ1) is 10.6. The summed E-state index contributed by atoms with van der Waals surface area (Å²) in [7, 11) is 0. The average molecular weight is 213 g/mol. The monoisotopic (exact) mass is 213 g/mol. The van der Waals surface area contributed by atoms with E-state index in [2.05, 4.69) is 17.2 Å². The standard InChI is InChI=1S/C9H5F2NOS/c10-7-2-1-3-8(11)6(7)4-9(13)12-5-14/h1-3H,4H2. The van der Waals surface area contributed by atoms with Gasteiger partial charge >= 0.3 is 0 Å². The van der Waals surface area contributed by atoms with Crippen LogP contribution in [0.4, 0.5) is 8.78 Å². The van der Waals surface area contributed by atoms with Crippen LogP contribution in [0.3, 0.4) is 0 Å². The summed E-state index contributed by atoms with van der Waals surface area (Å²) in [6.07, 6.45) is -0.442. The molecule has 1 aromatic rings. The summed E-state index contributed by atoms with van der Waals surface area (Å²) >= 11 is 4.19. The van der Waals surface area contributed by atoms with Gasteiger partial charge in [-0.3, -0.25) is 4.79 Å². The van der Waals surface area contributed by atoms with Crippen LogP contribution in [0.1, 0.15) is 5.56 Å². The Morgan fingerprint density at radius 3 is 2.50 bits per heavy atom. The molecule has 0 N–H and O–H groups in total. The number of isothiocyanates is 1. The number of carbonyl (C=O) groups excluding carboxylic acids is 1. The lowest BCUT2D eigenvalue weighted by atomic mass is 10.1. The predicted molar refractivity (Wildman–Crippen MR) is 50.1 cm³/mol. The van der Waals surface area contributed by atoms with Gasteiger partial charge in [-0.1, -0.05) is 6.07 Å². The van der Waals surface area contributed by atoms with Crippen LogP contribution in [-0.2, 0) is 11.2 Å². The first-order chi connectivity index (χ1) is 6.65. The molecular formula is C9H5F2NOS. The molecule has 1 aromatic carbocycles. The highest BCUT2D eigenvalue weighted by molar-refractivity contribution is 7.78. The molecule has 2 nitrogen and oxygen atoms in total. The van der Waals surface area contributed by atoms with Crippen LogP contribution in [-0.4, -0.2) is 11.1 Å².